The van der Waals surface area contributed by atoms with Crippen molar-refractivity contribution in [2.75, 3.05) is 43.4 Å². The first-order valence-corrected chi connectivity index (χ1v) is 16.8. The maximum absolute atomic E-state index is 16.8. The van der Waals surface area contributed by atoms with Gasteiger partial charge in [-0.05, 0) is 81.2 Å². The highest BCUT2D eigenvalue weighted by molar-refractivity contribution is 7.22. The van der Waals surface area contributed by atoms with Crippen molar-refractivity contribution in [2.24, 2.45) is 5.92 Å². The van der Waals surface area contributed by atoms with Gasteiger partial charge in [0.05, 0.1) is 27.6 Å². The van der Waals surface area contributed by atoms with E-state index in [0.717, 1.165) is 49.1 Å². The number of thiazole rings is 1. The molecule has 3 N–H and O–H groups in total. The second-order valence-corrected chi connectivity index (χ2v) is 14.8. The van der Waals surface area contributed by atoms with Crippen LogP contribution in [0.4, 0.5) is 28.5 Å². The molecule has 0 unspecified atom stereocenters. The Hall–Kier alpha value is -3.55. The summed E-state index contributed by atoms with van der Waals surface area (Å²) in [5.41, 5.74) is 5.91. The third-order valence-corrected chi connectivity index (χ3v) is 11.8. The molecule has 5 fully saturated rings. The van der Waals surface area contributed by atoms with Crippen LogP contribution in [0.1, 0.15) is 44.9 Å². The molecule has 1 aliphatic carbocycles. The van der Waals surface area contributed by atoms with E-state index >= 15 is 8.78 Å². The predicted octanol–water partition coefficient (Wildman–Crippen LogP) is 6.10. The average molecular weight is 652 g/mol. The van der Waals surface area contributed by atoms with Gasteiger partial charge in [-0.15, -0.1) is 0 Å². The van der Waals surface area contributed by atoms with Crippen molar-refractivity contribution in [1.29, 1.82) is 0 Å². The highest BCUT2D eigenvalue weighted by Gasteiger charge is 2.53. The fourth-order valence-corrected chi connectivity index (χ4v) is 9.49. The number of benzene rings is 2. The molecule has 6 heterocycles. The topological polar surface area (TPSA) is 92.4 Å². The summed E-state index contributed by atoms with van der Waals surface area (Å²) in [6, 6.07) is 4.00. The molecule has 4 aliphatic heterocycles. The number of nitrogens with two attached hydrogens (primary N) is 1. The monoisotopic (exact) mass is 651 g/mol. The first-order valence-electron chi connectivity index (χ1n) is 16.0. The minimum absolute atomic E-state index is 0.00799. The van der Waals surface area contributed by atoms with Crippen molar-refractivity contribution in [1.82, 2.24) is 25.2 Å². The molecule has 2 aromatic carbocycles. The van der Waals surface area contributed by atoms with Gasteiger partial charge in [-0.3, -0.25) is 4.90 Å². The maximum Gasteiger partial charge on any atom is 0.319 e. The van der Waals surface area contributed by atoms with E-state index < -0.39 is 17.5 Å². The molecule has 13 heteroatoms. The minimum atomic E-state index is -0.901. The Bertz CT molecular complexity index is 1950. The van der Waals surface area contributed by atoms with Gasteiger partial charge < -0.3 is 20.7 Å². The highest BCUT2D eigenvalue weighted by atomic mass is 32.1. The predicted molar refractivity (Wildman–Crippen MR) is 169 cm³/mol. The molecule has 0 radical (unpaired) electrons. The maximum atomic E-state index is 16.8. The second kappa shape index (κ2) is 10.2. The van der Waals surface area contributed by atoms with Gasteiger partial charge in [0.15, 0.2) is 10.9 Å². The van der Waals surface area contributed by atoms with Crippen molar-refractivity contribution in [2.45, 2.75) is 62.1 Å². The van der Waals surface area contributed by atoms with Crippen molar-refractivity contribution >= 4 is 43.4 Å². The zero-order valence-electron chi connectivity index (χ0n) is 25.1. The molecule has 240 valence electrons. The lowest BCUT2D eigenvalue weighted by Crippen LogP contribution is -2.61. The molecule has 46 heavy (non-hydrogen) atoms. The van der Waals surface area contributed by atoms with Crippen molar-refractivity contribution < 1.29 is 22.3 Å². The molecule has 8 nitrogen and oxygen atoms in total. The summed E-state index contributed by atoms with van der Waals surface area (Å²) in [5.74, 6) is -1.28. The van der Waals surface area contributed by atoms with Crippen LogP contribution in [0.3, 0.4) is 0 Å². The molecule has 3 atom stereocenters. The number of ether oxygens (including phenoxy) is 1. The third kappa shape index (κ3) is 4.34. The van der Waals surface area contributed by atoms with E-state index in [9.17, 15) is 8.78 Å². The molecule has 5 aliphatic rings. The number of anilines is 2. The second-order valence-electron chi connectivity index (χ2n) is 13.8. The Morgan fingerprint density at radius 1 is 1.09 bits per heavy atom. The fraction of sp³-hybridized carbons (Fsp3) is 0.485. The minimum Gasteiger partial charge on any atom is -0.461 e. The first kappa shape index (κ1) is 28.7. The van der Waals surface area contributed by atoms with E-state index in [1.807, 2.05) is 0 Å². The summed E-state index contributed by atoms with van der Waals surface area (Å²) in [4.78, 5) is 18.0. The lowest BCUT2D eigenvalue weighted by Gasteiger charge is -2.42. The number of piperazine rings is 1. The van der Waals surface area contributed by atoms with E-state index in [1.54, 1.807) is 0 Å². The summed E-state index contributed by atoms with van der Waals surface area (Å²) < 4.78 is 67.5. The van der Waals surface area contributed by atoms with Crippen LogP contribution in [0.5, 0.6) is 6.01 Å². The lowest BCUT2D eigenvalue weighted by molar-refractivity contribution is 0.108. The molecule has 0 amide bonds. The quantitative estimate of drug-likeness (QED) is 0.242. The average Bonchev–Trinajstić information content (AvgIpc) is 3.44. The Labute approximate surface area is 266 Å². The molecule has 9 rings (SSSR count). The number of nitrogens with zero attached hydrogens (tertiary/aromatic N) is 5. The van der Waals surface area contributed by atoms with Gasteiger partial charge in [0, 0.05) is 42.2 Å². The molecular weight excluding hydrogens is 618 g/mol. The SMILES string of the molecule is Nc1nc2c(-c3c(F)cc4c(N5C[C@@H]6CC[C@](C7CC7)(C5)N6)nc(OC[C@@]56CCCN5C/C(=C\F)C6)nc4c3F)ccc(F)c2s1. The van der Waals surface area contributed by atoms with Crippen LogP contribution in [0.2, 0.25) is 0 Å². The largest absolute Gasteiger partial charge is 0.461 e. The van der Waals surface area contributed by atoms with Crippen LogP contribution in [-0.4, -0.2) is 69.8 Å². The number of fused-ring (bicyclic) bond motifs is 5. The summed E-state index contributed by atoms with van der Waals surface area (Å²) in [6.45, 7) is 2.94. The first-order chi connectivity index (χ1) is 22.3. The van der Waals surface area contributed by atoms with E-state index in [-0.39, 0.29) is 67.1 Å². The van der Waals surface area contributed by atoms with E-state index in [1.165, 1.54) is 31.0 Å². The van der Waals surface area contributed by atoms with Crippen LogP contribution < -0.4 is 20.7 Å². The number of hydrogen-bond donors (Lipinski definition) is 2. The van der Waals surface area contributed by atoms with Crippen LogP contribution >= 0.6 is 11.3 Å². The highest BCUT2D eigenvalue weighted by Crippen LogP contribution is 2.49. The molecule has 0 spiro atoms. The summed E-state index contributed by atoms with van der Waals surface area (Å²) in [5, 5.41) is 4.19. The Balaban J connectivity index is 1.18. The van der Waals surface area contributed by atoms with Crippen LogP contribution in [0.15, 0.2) is 30.1 Å². The van der Waals surface area contributed by atoms with E-state index in [4.69, 9.17) is 15.5 Å². The van der Waals surface area contributed by atoms with Gasteiger partial charge >= 0.3 is 6.01 Å². The van der Waals surface area contributed by atoms with Crippen molar-refractivity contribution in [3.05, 3.63) is 47.6 Å². The number of hydrogen-bond acceptors (Lipinski definition) is 9. The summed E-state index contributed by atoms with van der Waals surface area (Å²) in [7, 11) is 0. The number of nitrogen functional groups attached to an aromatic ring is 1. The summed E-state index contributed by atoms with van der Waals surface area (Å²) >= 11 is 0.924. The van der Waals surface area contributed by atoms with Gasteiger partial charge in [-0.2, -0.15) is 9.97 Å². The van der Waals surface area contributed by atoms with Gasteiger partial charge in [0.1, 0.15) is 29.6 Å². The molecule has 4 aromatic rings. The molecular formula is C33H33F4N7OS. The molecule has 2 bridgehead atoms. The number of halogens is 4. The molecule has 1 saturated carbocycles. The smallest absolute Gasteiger partial charge is 0.319 e. The zero-order valence-corrected chi connectivity index (χ0v) is 25.9. The van der Waals surface area contributed by atoms with Gasteiger partial charge in [0.2, 0.25) is 0 Å². The zero-order chi connectivity index (χ0) is 31.4. The molecule has 4 saturated heterocycles. The van der Waals surface area contributed by atoms with Crippen LogP contribution in [0.25, 0.3) is 32.2 Å². The third-order valence-electron chi connectivity index (χ3n) is 10.9. The Morgan fingerprint density at radius 2 is 1.96 bits per heavy atom. The molecule has 2 aromatic heterocycles. The number of aromatic nitrogens is 3. The van der Waals surface area contributed by atoms with E-state index in [2.05, 4.69) is 25.1 Å². The fourth-order valence-electron chi connectivity index (χ4n) is 8.72. The van der Waals surface area contributed by atoms with Crippen LogP contribution in [-0.2, 0) is 0 Å². The Kier molecular flexibility index (Phi) is 6.37. The standard InChI is InChI=1S/C33H33F4N7OS/c34-12-17-11-32(7-1-9-44(32)13-17)16-45-31-40-26-21(29(41-31)43-14-19-6-8-33(15-43,42-19)18-2-3-18)10-23(36)24(25(26)37)20-4-5-22(35)28-27(20)39-30(38)46-28/h4-5,10,12,18-19,42H,1-3,6-9,11,13-16H2,(H2,38,39)/b17-12-/t19-,32-,33+/m0/s1. The van der Waals surface area contributed by atoms with Gasteiger partial charge in [-0.1, -0.05) is 11.3 Å². The normalized spacial score (nSPS) is 28.7. The van der Waals surface area contributed by atoms with Crippen LogP contribution in [0, 0.1) is 23.4 Å². The van der Waals surface area contributed by atoms with Gasteiger partial charge in [0.25, 0.3) is 0 Å². The van der Waals surface area contributed by atoms with Crippen molar-refractivity contribution in [3.63, 3.8) is 0 Å². The summed E-state index contributed by atoms with van der Waals surface area (Å²) in [6.07, 6.45) is 7.48. The van der Waals surface area contributed by atoms with E-state index in [0.29, 0.717) is 44.1 Å². The van der Waals surface area contributed by atoms with Crippen molar-refractivity contribution in [3.8, 4) is 17.1 Å². The lowest BCUT2D eigenvalue weighted by atomic mass is 9.90. The Morgan fingerprint density at radius 3 is 2.78 bits per heavy atom. The number of nitrogens with one attached hydrogen (secondary N) is 1. The number of rotatable bonds is 6. The van der Waals surface area contributed by atoms with Gasteiger partial charge in [-0.25, -0.2) is 22.5 Å².